The second-order valence-corrected chi connectivity index (χ2v) is 23.5. The predicted molar refractivity (Wildman–Crippen MR) is 283 cm³/mol. The molecule has 9 aromatic carbocycles. The van der Waals surface area contributed by atoms with Gasteiger partial charge in [-0.1, -0.05) is 188 Å². The van der Waals surface area contributed by atoms with Gasteiger partial charge < -0.3 is 4.57 Å². The van der Waals surface area contributed by atoms with Crippen LogP contribution in [0.5, 0.6) is 0 Å². The van der Waals surface area contributed by atoms with E-state index in [9.17, 15) is 4.57 Å². The van der Waals surface area contributed by atoms with E-state index in [-0.39, 0.29) is 5.41 Å². The molecule has 4 bridgehead atoms. The van der Waals surface area contributed by atoms with E-state index in [1.54, 1.807) is 0 Å². The summed E-state index contributed by atoms with van der Waals surface area (Å²) in [6, 6.07) is 70.6. The van der Waals surface area contributed by atoms with Crippen LogP contribution in [0.2, 0.25) is 0 Å². The molecular weight excluding hydrogens is 846 g/mol. The van der Waals surface area contributed by atoms with Crippen molar-refractivity contribution in [1.29, 1.82) is 0 Å². The molecule has 0 saturated heterocycles. The third kappa shape index (κ3) is 6.79. The molecule has 0 aliphatic heterocycles. The summed E-state index contributed by atoms with van der Waals surface area (Å²) in [4.78, 5) is 15.4. The summed E-state index contributed by atoms with van der Waals surface area (Å²) in [7, 11) is -2.37. The SMILES string of the molecule is CP(C)(=O)c1ccc(-c2c3ccccc3c(-c3ccc(C4(c5ccc(-c6nc(-c7ccccc7)nc(-c7ccc8ccccc8c7)n6)cc5)C5CC6CC(C5)CC4C6)cc3)c3ccccc23)cc1. The van der Waals surface area contributed by atoms with Gasteiger partial charge in [-0.15, -0.1) is 0 Å². The van der Waals surface area contributed by atoms with Crippen molar-refractivity contribution in [2.45, 2.75) is 37.5 Å². The molecule has 10 aromatic rings. The zero-order chi connectivity index (χ0) is 45.6. The van der Waals surface area contributed by atoms with Crippen LogP contribution >= 0.6 is 7.14 Å². The van der Waals surface area contributed by atoms with Crippen LogP contribution in [-0.2, 0) is 9.98 Å². The Balaban J connectivity index is 0.918. The molecule has 330 valence electrons. The van der Waals surface area contributed by atoms with E-state index in [2.05, 4.69) is 176 Å². The van der Waals surface area contributed by atoms with E-state index >= 15 is 0 Å². The minimum Gasteiger partial charge on any atom is -0.319 e. The highest BCUT2D eigenvalue weighted by atomic mass is 31.2. The van der Waals surface area contributed by atoms with Gasteiger partial charge in [-0.25, -0.2) is 15.0 Å². The summed E-state index contributed by atoms with van der Waals surface area (Å²) >= 11 is 0. The summed E-state index contributed by atoms with van der Waals surface area (Å²) in [6.45, 7) is 3.69. The number of fused-ring (bicyclic) bond motifs is 3. The van der Waals surface area contributed by atoms with Crippen molar-refractivity contribution in [3.8, 4) is 56.4 Å². The molecule has 1 aromatic heterocycles. The Morgan fingerprint density at radius 1 is 0.397 bits per heavy atom. The topological polar surface area (TPSA) is 55.7 Å². The Morgan fingerprint density at radius 2 is 0.794 bits per heavy atom. The fourth-order valence-electron chi connectivity index (χ4n) is 13.3. The van der Waals surface area contributed by atoms with Crippen LogP contribution in [0.4, 0.5) is 0 Å². The molecule has 4 aliphatic carbocycles. The minimum absolute atomic E-state index is 0.0733. The highest BCUT2D eigenvalue weighted by Crippen LogP contribution is 2.65. The zero-order valence-electron chi connectivity index (χ0n) is 38.5. The van der Waals surface area contributed by atoms with Crippen molar-refractivity contribution in [2.24, 2.45) is 23.7 Å². The van der Waals surface area contributed by atoms with Gasteiger partial charge in [-0.2, -0.15) is 0 Å². The number of hydrogen-bond acceptors (Lipinski definition) is 4. The van der Waals surface area contributed by atoms with E-state index < -0.39 is 7.14 Å². The third-order valence-electron chi connectivity index (χ3n) is 16.1. The van der Waals surface area contributed by atoms with Gasteiger partial charge >= 0.3 is 0 Å². The van der Waals surface area contributed by atoms with Gasteiger partial charge in [0, 0.05) is 27.4 Å². The first-order valence-corrected chi connectivity index (χ1v) is 27.0. The highest BCUT2D eigenvalue weighted by molar-refractivity contribution is 7.70. The van der Waals surface area contributed by atoms with Crippen LogP contribution in [0.15, 0.2) is 194 Å². The first-order chi connectivity index (χ1) is 33.3. The van der Waals surface area contributed by atoms with Crippen molar-refractivity contribution < 1.29 is 4.57 Å². The van der Waals surface area contributed by atoms with Crippen LogP contribution in [0.1, 0.15) is 43.2 Å². The molecule has 5 heteroatoms. The smallest absolute Gasteiger partial charge is 0.164 e. The molecule has 0 amide bonds. The van der Waals surface area contributed by atoms with E-state index in [0.717, 1.165) is 44.8 Å². The van der Waals surface area contributed by atoms with Crippen molar-refractivity contribution in [1.82, 2.24) is 15.0 Å². The van der Waals surface area contributed by atoms with Crippen LogP contribution in [0.3, 0.4) is 0 Å². The molecule has 4 aliphatic rings. The van der Waals surface area contributed by atoms with Gasteiger partial charge in [0.2, 0.25) is 0 Å². The number of nitrogens with zero attached hydrogens (tertiary/aromatic N) is 3. The molecular formula is C63H52N3OP. The number of aromatic nitrogens is 3. The molecule has 0 N–H and O–H groups in total. The zero-order valence-corrected chi connectivity index (χ0v) is 39.4. The van der Waals surface area contributed by atoms with Crippen molar-refractivity contribution in [3.63, 3.8) is 0 Å². The maximum Gasteiger partial charge on any atom is 0.164 e. The second-order valence-electron chi connectivity index (χ2n) is 20.3. The summed E-state index contributed by atoms with van der Waals surface area (Å²) < 4.78 is 13.0. The first kappa shape index (κ1) is 41.2. The molecule has 1 heterocycles. The monoisotopic (exact) mass is 897 g/mol. The number of rotatable bonds is 8. The lowest BCUT2D eigenvalue weighted by atomic mass is 9.42. The molecule has 4 saturated carbocycles. The average Bonchev–Trinajstić information content (AvgIpc) is 3.38. The van der Waals surface area contributed by atoms with Gasteiger partial charge in [-0.05, 0) is 141 Å². The van der Waals surface area contributed by atoms with Gasteiger partial charge in [-0.3, -0.25) is 0 Å². The number of benzene rings is 9. The fourth-order valence-corrected chi connectivity index (χ4v) is 14.1. The normalized spacial score (nSPS) is 20.9. The lowest BCUT2D eigenvalue weighted by molar-refractivity contribution is -0.0418. The largest absolute Gasteiger partial charge is 0.319 e. The van der Waals surface area contributed by atoms with Gasteiger partial charge in [0.25, 0.3) is 0 Å². The van der Waals surface area contributed by atoms with Crippen molar-refractivity contribution >= 4 is 44.8 Å². The van der Waals surface area contributed by atoms with E-state index in [1.807, 2.05) is 31.5 Å². The molecule has 4 nitrogen and oxygen atoms in total. The van der Waals surface area contributed by atoms with Crippen LogP contribution < -0.4 is 5.30 Å². The Morgan fingerprint density at radius 3 is 1.29 bits per heavy atom. The summed E-state index contributed by atoms with van der Waals surface area (Å²) in [5.74, 6) is 4.90. The van der Waals surface area contributed by atoms with E-state index in [0.29, 0.717) is 29.3 Å². The average molecular weight is 898 g/mol. The first-order valence-electron chi connectivity index (χ1n) is 24.4. The fraction of sp³-hybridized carbons (Fsp3) is 0.190. The Bertz CT molecular complexity index is 3530. The molecule has 0 unspecified atom stereocenters. The quantitative estimate of drug-likeness (QED) is 0.113. The predicted octanol–water partition coefficient (Wildman–Crippen LogP) is 15.7. The van der Waals surface area contributed by atoms with E-state index in [4.69, 9.17) is 15.0 Å². The van der Waals surface area contributed by atoms with Gasteiger partial charge in [0.1, 0.15) is 7.14 Å². The minimum atomic E-state index is -2.37. The standard InChI is InChI=1S/C63H52N3OP/c1-68(2,67)53-32-26-44(27-33-53)59-56-18-10-8-16-54(56)58(55-17-9-11-19-57(55)59)43-22-28-49(29-23-43)63(51-35-40-34-41(37-51)38-52(63)36-40)50-30-24-46(25-31-50)61-64-60(45-13-4-3-5-14-45)65-62(66-61)48-21-20-42-12-6-7-15-47(42)39-48/h3-33,39-41,51-52H,34-38H2,1-2H3. The lowest BCUT2D eigenvalue weighted by Gasteiger charge is -2.62. The van der Waals surface area contributed by atoms with Crippen molar-refractivity contribution in [3.05, 3.63) is 205 Å². The Labute approximate surface area is 398 Å². The molecule has 0 atom stereocenters. The number of hydrogen-bond donors (Lipinski definition) is 0. The highest BCUT2D eigenvalue weighted by Gasteiger charge is 2.58. The molecule has 4 fully saturated rings. The Kier molecular flexibility index (Phi) is 9.74. The van der Waals surface area contributed by atoms with Gasteiger partial charge in [0.15, 0.2) is 17.5 Å². The Hall–Kier alpha value is -7.00. The maximum atomic E-state index is 13.0. The van der Waals surface area contributed by atoms with Crippen molar-refractivity contribution in [2.75, 3.05) is 13.3 Å². The molecule has 0 spiro atoms. The molecule has 0 radical (unpaired) electrons. The third-order valence-corrected chi connectivity index (χ3v) is 17.6. The lowest BCUT2D eigenvalue weighted by Crippen LogP contribution is -2.56. The second kappa shape index (κ2) is 16.1. The van der Waals surface area contributed by atoms with E-state index in [1.165, 1.54) is 86.9 Å². The molecule has 14 rings (SSSR count). The van der Waals surface area contributed by atoms with Crippen LogP contribution in [0.25, 0.3) is 88.7 Å². The summed E-state index contributed by atoms with van der Waals surface area (Å²) in [5.41, 5.74) is 10.6. The van der Waals surface area contributed by atoms with Crippen LogP contribution in [-0.4, -0.2) is 28.3 Å². The maximum absolute atomic E-state index is 13.0. The van der Waals surface area contributed by atoms with Crippen LogP contribution in [0, 0.1) is 23.7 Å². The van der Waals surface area contributed by atoms with Gasteiger partial charge in [0.05, 0.1) is 0 Å². The summed E-state index contributed by atoms with van der Waals surface area (Å²) in [6.07, 6.45) is 6.59. The summed E-state index contributed by atoms with van der Waals surface area (Å²) in [5, 5.41) is 8.21. The molecule has 68 heavy (non-hydrogen) atoms.